The van der Waals surface area contributed by atoms with Crippen LogP contribution in [0.15, 0.2) is 4.60 Å². The fraction of sp³-hybridized carbons (Fsp3) is 0.375. The molecule has 1 nitrogen and oxygen atoms in total. The molecule has 60 valence electrons. The van der Waals surface area contributed by atoms with Crippen molar-refractivity contribution in [3.05, 3.63) is 21.4 Å². The zero-order valence-electron chi connectivity index (χ0n) is 7.33. The maximum atomic E-state index is 4.38. The fourth-order valence-electron chi connectivity index (χ4n) is 1.02. The molecular weight excluding hydrogens is 218 g/mol. The second-order valence-electron chi connectivity index (χ2n) is 2.86. The van der Waals surface area contributed by atoms with Crippen LogP contribution < -0.4 is 5.19 Å². The number of aromatic nitrogens is 1. The Morgan fingerprint density at radius 1 is 1.18 bits per heavy atom. The minimum Gasteiger partial charge on any atom is -0.246 e. The number of rotatable bonds is 0. The third kappa shape index (κ3) is 1.54. The lowest BCUT2D eigenvalue weighted by Gasteiger charge is -2.08. The third-order valence-electron chi connectivity index (χ3n) is 2.24. The SMILES string of the molecule is Cc1nc(Br)c(C)c(C)c1[SiH3]. The van der Waals surface area contributed by atoms with E-state index >= 15 is 0 Å². The van der Waals surface area contributed by atoms with E-state index in [1.165, 1.54) is 22.0 Å². The van der Waals surface area contributed by atoms with Gasteiger partial charge in [0, 0.05) is 15.9 Å². The first-order chi connectivity index (χ1) is 5.04. The van der Waals surface area contributed by atoms with Crippen LogP contribution in [0.25, 0.3) is 0 Å². The highest BCUT2D eigenvalue weighted by Gasteiger charge is 2.04. The van der Waals surface area contributed by atoms with Gasteiger partial charge >= 0.3 is 0 Å². The Balaban J connectivity index is 3.46. The maximum absolute atomic E-state index is 4.38. The predicted molar refractivity (Wildman–Crippen MR) is 55.7 cm³/mol. The zero-order valence-corrected chi connectivity index (χ0v) is 10.9. The van der Waals surface area contributed by atoms with Gasteiger partial charge in [0.05, 0.1) is 0 Å². The normalized spacial score (nSPS) is 10.5. The first-order valence-corrected chi connectivity index (χ1v) is 5.43. The van der Waals surface area contributed by atoms with E-state index in [9.17, 15) is 0 Å². The molecule has 0 radical (unpaired) electrons. The molecule has 0 aliphatic rings. The van der Waals surface area contributed by atoms with E-state index in [2.05, 4.69) is 41.7 Å². The Morgan fingerprint density at radius 3 is 2.27 bits per heavy atom. The summed E-state index contributed by atoms with van der Waals surface area (Å²) in [7, 11) is 1.09. The molecular formula is C8H12BrNSi. The molecule has 0 amide bonds. The number of hydrogen-bond donors (Lipinski definition) is 0. The lowest BCUT2D eigenvalue weighted by Crippen LogP contribution is -2.15. The molecule has 0 aliphatic heterocycles. The standard InChI is InChI=1S/C8H12BrNSi/c1-4-5(2)8(9)10-6(3)7(4)11/h1-3,11H3. The van der Waals surface area contributed by atoms with Crippen molar-refractivity contribution >= 4 is 31.4 Å². The summed E-state index contributed by atoms with van der Waals surface area (Å²) in [6.45, 7) is 6.34. The van der Waals surface area contributed by atoms with Gasteiger partial charge in [0.25, 0.3) is 0 Å². The molecule has 3 heteroatoms. The summed E-state index contributed by atoms with van der Waals surface area (Å²) < 4.78 is 0.993. The number of nitrogens with zero attached hydrogens (tertiary/aromatic N) is 1. The number of hydrogen-bond acceptors (Lipinski definition) is 1. The van der Waals surface area contributed by atoms with E-state index in [1.807, 2.05) is 0 Å². The molecule has 0 bridgehead atoms. The van der Waals surface area contributed by atoms with E-state index in [1.54, 1.807) is 0 Å². The van der Waals surface area contributed by atoms with Crippen LogP contribution in [0.2, 0.25) is 0 Å². The van der Waals surface area contributed by atoms with Gasteiger partial charge in [-0.25, -0.2) is 4.98 Å². The van der Waals surface area contributed by atoms with Crippen molar-refractivity contribution in [2.24, 2.45) is 0 Å². The highest BCUT2D eigenvalue weighted by molar-refractivity contribution is 9.10. The lowest BCUT2D eigenvalue weighted by molar-refractivity contribution is 1.13. The van der Waals surface area contributed by atoms with Crippen LogP contribution in [0.5, 0.6) is 0 Å². The average molecular weight is 230 g/mol. The van der Waals surface area contributed by atoms with Crippen molar-refractivity contribution in [1.82, 2.24) is 4.98 Å². The highest BCUT2D eigenvalue weighted by Crippen LogP contribution is 2.15. The number of halogens is 1. The molecule has 0 unspecified atom stereocenters. The molecule has 1 aromatic rings. The summed E-state index contributed by atoms with van der Waals surface area (Å²) in [5.74, 6) is 0. The average Bonchev–Trinajstić information content (AvgIpc) is 1.97. The van der Waals surface area contributed by atoms with Crippen molar-refractivity contribution in [2.75, 3.05) is 0 Å². The Kier molecular flexibility index (Phi) is 2.49. The monoisotopic (exact) mass is 229 g/mol. The van der Waals surface area contributed by atoms with E-state index in [0.717, 1.165) is 14.8 Å². The summed E-state index contributed by atoms with van der Waals surface area (Å²) in [5, 5.41) is 1.44. The third-order valence-corrected chi connectivity index (χ3v) is 4.49. The van der Waals surface area contributed by atoms with E-state index in [0.29, 0.717) is 0 Å². The van der Waals surface area contributed by atoms with Gasteiger partial charge in [-0.05, 0) is 53.0 Å². The molecule has 0 spiro atoms. The minimum atomic E-state index is 0.993. The van der Waals surface area contributed by atoms with Crippen LogP contribution in [0.3, 0.4) is 0 Å². The Hall–Kier alpha value is -0.153. The van der Waals surface area contributed by atoms with Crippen molar-refractivity contribution < 1.29 is 0 Å². The van der Waals surface area contributed by atoms with Crippen LogP contribution in [0.4, 0.5) is 0 Å². The molecule has 1 aromatic heterocycles. The molecule has 0 fully saturated rings. The molecule has 1 heterocycles. The van der Waals surface area contributed by atoms with Gasteiger partial charge in [0.15, 0.2) is 0 Å². The van der Waals surface area contributed by atoms with Gasteiger partial charge in [0.1, 0.15) is 4.60 Å². The largest absolute Gasteiger partial charge is 0.246 e. The maximum Gasteiger partial charge on any atom is 0.109 e. The first-order valence-electron chi connectivity index (χ1n) is 3.64. The topological polar surface area (TPSA) is 12.9 Å². The van der Waals surface area contributed by atoms with Gasteiger partial charge in [0.2, 0.25) is 0 Å². The summed E-state index contributed by atoms with van der Waals surface area (Å²) in [6, 6.07) is 0. The summed E-state index contributed by atoms with van der Waals surface area (Å²) >= 11 is 3.44. The molecule has 0 N–H and O–H groups in total. The summed E-state index contributed by atoms with van der Waals surface area (Å²) in [4.78, 5) is 4.38. The molecule has 0 aromatic carbocycles. The van der Waals surface area contributed by atoms with E-state index < -0.39 is 0 Å². The quantitative estimate of drug-likeness (QED) is 0.473. The van der Waals surface area contributed by atoms with Crippen LogP contribution in [0, 0.1) is 20.8 Å². The van der Waals surface area contributed by atoms with Crippen molar-refractivity contribution in [2.45, 2.75) is 20.8 Å². The fourth-order valence-corrected chi connectivity index (χ4v) is 2.07. The Bertz CT molecular complexity index is 270. The van der Waals surface area contributed by atoms with Crippen LogP contribution in [-0.2, 0) is 0 Å². The van der Waals surface area contributed by atoms with Gasteiger partial charge in [-0.3, -0.25) is 0 Å². The van der Waals surface area contributed by atoms with Crippen molar-refractivity contribution in [3.8, 4) is 0 Å². The lowest BCUT2D eigenvalue weighted by atomic mass is 10.1. The van der Waals surface area contributed by atoms with Gasteiger partial charge in [-0.15, -0.1) is 0 Å². The van der Waals surface area contributed by atoms with Gasteiger partial charge in [-0.2, -0.15) is 0 Å². The second-order valence-corrected chi connectivity index (χ2v) is 4.61. The van der Waals surface area contributed by atoms with Crippen molar-refractivity contribution in [3.63, 3.8) is 0 Å². The van der Waals surface area contributed by atoms with Crippen LogP contribution >= 0.6 is 15.9 Å². The molecule has 0 saturated heterocycles. The van der Waals surface area contributed by atoms with Crippen molar-refractivity contribution in [1.29, 1.82) is 0 Å². The molecule has 1 rings (SSSR count). The van der Waals surface area contributed by atoms with E-state index in [4.69, 9.17) is 0 Å². The number of pyridine rings is 1. The highest BCUT2D eigenvalue weighted by atomic mass is 79.9. The molecule has 11 heavy (non-hydrogen) atoms. The predicted octanol–water partition coefficient (Wildman–Crippen LogP) is 0.760. The van der Waals surface area contributed by atoms with Gasteiger partial charge < -0.3 is 0 Å². The molecule has 0 saturated carbocycles. The molecule has 0 atom stereocenters. The summed E-state index contributed by atoms with van der Waals surface area (Å²) in [5.41, 5.74) is 3.85. The Morgan fingerprint density at radius 2 is 1.73 bits per heavy atom. The summed E-state index contributed by atoms with van der Waals surface area (Å²) in [6.07, 6.45) is 0. The zero-order chi connectivity index (χ0) is 8.59. The minimum absolute atomic E-state index is 0.993. The smallest absolute Gasteiger partial charge is 0.109 e. The van der Waals surface area contributed by atoms with Crippen LogP contribution in [0.1, 0.15) is 16.8 Å². The number of aryl methyl sites for hydroxylation is 1. The van der Waals surface area contributed by atoms with Crippen LogP contribution in [-0.4, -0.2) is 15.2 Å². The van der Waals surface area contributed by atoms with Gasteiger partial charge in [-0.1, -0.05) is 0 Å². The van der Waals surface area contributed by atoms with E-state index in [-0.39, 0.29) is 0 Å². The second kappa shape index (κ2) is 3.07. The molecule has 0 aliphatic carbocycles. The first kappa shape index (κ1) is 8.94. The Labute approximate surface area is 78.8 Å².